The van der Waals surface area contributed by atoms with Crippen LogP contribution in [-0.4, -0.2) is 5.78 Å². The van der Waals surface area contributed by atoms with Gasteiger partial charge in [0.05, 0.1) is 0 Å². The van der Waals surface area contributed by atoms with Crippen molar-refractivity contribution in [2.45, 2.75) is 17.6 Å². The summed E-state index contributed by atoms with van der Waals surface area (Å²) in [5.41, 5.74) is 2.04. The first-order valence-electron chi connectivity index (χ1n) is 5.64. The Hall–Kier alpha value is -1.06. The molecule has 0 N–H and O–H groups in total. The third-order valence-electron chi connectivity index (χ3n) is 2.61. The van der Waals surface area contributed by atoms with Gasteiger partial charge in [-0.2, -0.15) is 0 Å². The normalized spacial score (nSPS) is 10.3. The second kappa shape index (κ2) is 6.21. The van der Waals surface area contributed by atoms with Crippen molar-refractivity contribution in [3.05, 3.63) is 64.1 Å². The molecule has 2 aromatic carbocycles. The third-order valence-corrected chi connectivity index (χ3v) is 4.45. The number of carbonyl (C=O) groups is 1. The number of ketones is 1. The van der Waals surface area contributed by atoms with Crippen LogP contribution in [0.15, 0.2) is 57.9 Å². The van der Waals surface area contributed by atoms with Crippen LogP contribution in [0.25, 0.3) is 0 Å². The Morgan fingerprint density at radius 2 is 1.78 bits per heavy atom. The molecule has 0 fully saturated rings. The molecule has 0 unspecified atom stereocenters. The average molecular weight is 321 g/mol. The largest absolute Gasteiger partial charge is 0.295 e. The van der Waals surface area contributed by atoms with Gasteiger partial charge in [0.2, 0.25) is 0 Å². The summed E-state index contributed by atoms with van der Waals surface area (Å²) < 4.78 is 1.14. The molecular weight excluding hydrogens is 308 g/mol. The number of hydrogen-bond acceptors (Lipinski definition) is 2. The summed E-state index contributed by atoms with van der Waals surface area (Å²) in [6.07, 6.45) is 0. The molecule has 0 aliphatic rings. The quantitative estimate of drug-likeness (QED) is 0.586. The maximum absolute atomic E-state index is 11.2. The van der Waals surface area contributed by atoms with Gasteiger partial charge in [0.25, 0.3) is 0 Å². The summed E-state index contributed by atoms with van der Waals surface area (Å²) in [6, 6.07) is 16.0. The van der Waals surface area contributed by atoms with Crippen molar-refractivity contribution in [1.29, 1.82) is 0 Å². The second-order valence-electron chi connectivity index (χ2n) is 3.96. The van der Waals surface area contributed by atoms with Gasteiger partial charge in [-0.3, -0.25) is 4.79 Å². The van der Waals surface area contributed by atoms with E-state index in [1.165, 1.54) is 10.5 Å². The zero-order chi connectivity index (χ0) is 13.0. The van der Waals surface area contributed by atoms with Crippen LogP contribution in [0.4, 0.5) is 0 Å². The van der Waals surface area contributed by atoms with Crippen molar-refractivity contribution in [2.24, 2.45) is 0 Å². The average Bonchev–Trinajstić information content (AvgIpc) is 2.38. The SMILES string of the molecule is CC(=O)c1ccc(SCc2ccccc2Br)cc1. The fourth-order valence-electron chi connectivity index (χ4n) is 1.56. The molecule has 18 heavy (non-hydrogen) atoms. The molecule has 0 aromatic heterocycles. The molecule has 0 atom stereocenters. The Bertz CT molecular complexity index is 549. The van der Waals surface area contributed by atoms with Gasteiger partial charge in [0.1, 0.15) is 0 Å². The zero-order valence-electron chi connectivity index (χ0n) is 10.0. The molecule has 0 spiro atoms. The molecule has 0 aliphatic carbocycles. The number of rotatable bonds is 4. The van der Waals surface area contributed by atoms with Crippen LogP contribution in [-0.2, 0) is 5.75 Å². The van der Waals surface area contributed by atoms with Crippen molar-refractivity contribution in [3.8, 4) is 0 Å². The molecule has 92 valence electrons. The van der Waals surface area contributed by atoms with Gasteiger partial charge in [-0.25, -0.2) is 0 Å². The van der Waals surface area contributed by atoms with E-state index in [0.29, 0.717) is 0 Å². The van der Waals surface area contributed by atoms with Crippen molar-refractivity contribution >= 4 is 33.5 Å². The maximum Gasteiger partial charge on any atom is 0.159 e. The topological polar surface area (TPSA) is 17.1 Å². The first-order valence-corrected chi connectivity index (χ1v) is 7.42. The minimum atomic E-state index is 0.109. The highest BCUT2D eigenvalue weighted by atomic mass is 79.9. The number of thioether (sulfide) groups is 1. The number of halogens is 1. The Kier molecular flexibility index (Phi) is 4.61. The summed E-state index contributed by atoms with van der Waals surface area (Å²) >= 11 is 5.31. The van der Waals surface area contributed by atoms with Crippen molar-refractivity contribution in [3.63, 3.8) is 0 Å². The van der Waals surface area contributed by atoms with Gasteiger partial charge in [0.15, 0.2) is 5.78 Å². The van der Waals surface area contributed by atoms with Crippen LogP contribution >= 0.6 is 27.7 Å². The van der Waals surface area contributed by atoms with E-state index in [1.54, 1.807) is 18.7 Å². The summed E-state index contributed by atoms with van der Waals surface area (Å²) in [5.74, 6) is 1.03. The third kappa shape index (κ3) is 3.47. The molecule has 2 aromatic rings. The number of benzene rings is 2. The first-order chi connectivity index (χ1) is 8.66. The fourth-order valence-corrected chi connectivity index (χ4v) is 3.08. The first kappa shape index (κ1) is 13.4. The predicted molar refractivity (Wildman–Crippen MR) is 80.1 cm³/mol. The summed E-state index contributed by atoms with van der Waals surface area (Å²) in [4.78, 5) is 12.3. The molecule has 0 bridgehead atoms. The van der Waals surface area contributed by atoms with E-state index in [-0.39, 0.29) is 5.78 Å². The van der Waals surface area contributed by atoms with E-state index in [9.17, 15) is 4.79 Å². The monoisotopic (exact) mass is 320 g/mol. The minimum absolute atomic E-state index is 0.109. The van der Waals surface area contributed by atoms with Crippen LogP contribution < -0.4 is 0 Å². The number of carbonyl (C=O) groups excluding carboxylic acids is 1. The van der Waals surface area contributed by atoms with Gasteiger partial charge < -0.3 is 0 Å². The van der Waals surface area contributed by atoms with Crippen molar-refractivity contribution in [1.82, 2.24) is 0 Å². The van der Waals surface area contributed by atoms with Gasteiger partial charge in [-0.15, -0.1) is 11.8 Å². The Morgan fingerprint density at radius 3 is 2.39 bits per heavy atom. The number of hydrogen-bond donors (Lipinski definition) is 0. The Labute approximate surface area is 120 Å². The zero-order valence-corrected chi connectivity index (χ0v) is 12.4. The second-order valence-corrected chi connectivity index (χ2v) is 5.86. The molecule has 0 radical (unpaired) electrons. The van der Waals surface area contributed by atoms with Crippen LogP contribution in [0.1, 0.15) is 22.8 Å². The summed E-state index contributed by atoms with van der Waals surface area (Å²) in [7, 11) is 0. The highest BCUT2D eigenvalue weighted by Crippen LogP contribution is 2.26. The van der Waals surface area contributed by atoms with E-state index < -0.39 is 0 Å². The van der Waals surface area contributed by atoms with E-state index in [0.717, 1.165) is 15.8 Å². The van der Waals surface area contributed by atoms with Gasteiger partial charge in [0, 0.05) is 20.7 Å². The smallest absolute Gasteiger partial charge is 0.159 e. The standard InChI is InChI=1S/C15H13BrOS/c1-11(17)12-6-8-14(9-7-12)18-10-13-4-2-3-5-15(13)16/h2-9H,10H2,1H3. The lowest BCUT2D eigenvalue weighted by molar-refractivity contribution is 0.101. The van der Waals surface area contributed by atoms with E-state index in [1.807, 2.05) is 36.4 Å². The highest BCUT2D eigenvalue weighted by Gasteiger charge is 2.02. The van der Waals surface area contributed by atoms with E-state index in [2.05, 4.69) is 28.1 Å². The number of Topliss-reactive ketones (excluding diaryl/α,β-unsaturated/α-hetero) is 1. The van der Waals surface area contributed by atoms with Gasteiger partial charge >= 0.3 is 0 Å². The molecule has 0 heterocycles. The van der Waals surface area contributed by atoms with Crippen LogP contribution in [0, 0.1) is 0 Å². The molecule has 3 heteroatoms. The highest BCUT2D eigenvalue weighted by molar-refractivity contribution is 9.10. The lowest BCUT2D eigenvalue weighted by Crippen LogP contribution is -1.90. The molecule has 0 aliphatic heterocycles. The molecule has 0 saturated carbocycles. The van der Waals surface area contributed by atoms with Crippen LogP contribution in [0.2, 0.25) is 0 Å². The minimum Gasteiger partial charge on any atom is -0.295 e. The lowest BCUT2D eigenvalue weighted by Gasteiger charge is -2.04. The van der Waals surface area contributed by atoms with E-state index in [4.69, 9.17) is 0 Å². The molecule has 0 saturated heterocycles. The van der Waals surface area contributed by atoms with Crippen LogP contribution in [0.5, 0.6) is 0 Å². The van der Waals surface area contributed by atoms with Crippen molar-refractivity contribution in [2.75, 3.05) is 0 Å². The molecule has 1 nitrogen and oxygen atoms in total. The summed E-state index contributed by atoms with van der Waals surface area (Å²) in [6.45, 7) is 1.59. The maximum atomic E-state index is 11.2. The lowest BCUT2D eigenvalue weighted by atomic mass is 10.2. The molecule has 2 rings (SSSR count). The van der Waals surface area contributed by atoms with Crippen molar-refractivity contribution < 1.29 is 4.79 Å². The van der Waals surface area contributed by atoms with Gasteiger partial charge in [-0.1, -0.05) is 46.3 Å². The summed E-state index contributed by atoms with van der Waals surface area (Å²) in [5, 5.41) is 0. The Morgan fingerprint density at radius 1 is 1.11 bits per heavy atom. The predicted octanol–water partition coefficient (Wildman–Crippen LogP) is 4.94. The van der Waals surface area contributed by atoms with E-state index >= 15 is 0 Å². The van der Waals surface area contributed by atoms with Crippen LogP contribution in [0.3, 0.4) is 0 Å². The molecular formula is C15H13BrOS. The fraction of sp³-hybridized carbons (Fsp3) is 0.133. The Balaban J connectivity index is 2.02. The molecule has 0 amide bonds. The van der Waals surface area contributed by atoms with Gasteiger partial charge in [-0.05, 0) is 30.7 Å².